The predicted molar refractivity (Wildman–Crippen MR) is 99.2 cm³/mol. The number of amides is 1. The van der Waals surface area contributed by atoms with Crippen LogP contribution >= 0.6 is 0 Å². The first-order chi connectivity index (χ1) is 11.9. The number of aryl methyl sites for hydroxylation is 2. The summed E-state index contributed by atoms with van der Waals surface area (Å²) >= 11 is 0. The van der Waals surface area contributed by atoms with E-state index >= 15 is 0 Å². The summed E-state index contributed by atoms with van der Waals surface area (Å²) < 4.78 is 23.1. The van der Waals surface area contributed by atoms with Crippen LogP contribution < -0.4 is 5.32 Å². The topological polar surface area (TPSA) is 66.5 Å². The molecule has 1 heterocycles. The van der Waals surface area contributed by atoms with E-state index in [0.29, 0.717) is 25.9 Å². The molecule has 6 heteroatoms. The van der Waals surface area contributed by atoms with Gasteiger partial charge in [0.15, 0.2) is 9.84 Å². The molecule has 1 aromatic rings. The average Bonchev–Trinajstić information content (AvgIpc) is 2.97. The van der Waals surface area contributed by atoms with Gasteiger partial charge in [-0.3, -0.25) is 4.79 Å². The molecule has 0 saturated carbocycles. The summed E-state index contributed by atoms with van der Waals surface area (Å²) in [5.74, 6) is 0.512. The second-order valence-electron chi connectivity index (χ2n) is 7.37. The highest BCUT2D eigenvalue weighted by atomic mass is 32.2. The monoisotopic (exact) mass is 364 g/mol. The first kappa shape index (κ1) is 18.4. The molecular weight excluding hydrogens is 336 g/mol. The van der Waals surface area contributed by atoms with Crippen molar-refractivity contribution in [2.75, 3.05) is 25.1 Å². The van der Waals surface area contributed by atoms with Gasteiger partial charge in [-0.1, -0.05) is 18.2 Å². The number of nitrogens with one attached hydrogen (secondary N) is 1. The first-order valence-electron chi connectivity index (χ1n) is 9.21. The molecule has 0 bridgehead atoms. The van der Waals surface area contributed by atoms with Crippen LogP contribution in [0.15, 0.2) is 18.2 Å². The van der Waals surface area contributed by atoms with Crippen molar-refractivity contribution < 1.29 is 13.2 Å². The third kappa shape index (κ3) is 5.05. The van der Waals surface area contributed by atoms with Gasteiger partial charge in [-0.2, -0.15) is 0 Å². The summed E-state index contributed by atoms with van der Waals surface area (Å²) in [4.78, 5) is 14.1. The van der Waals surface area contributed by atoms with Crippen LogP contribution in [0.4, 0.5) is 0 Å². The van der Waals surface area contributed by atoms with Crippen LogP contribution in [0.25, 0.3) is 0 Å². The van der Waals surface area contributed by atoms with Crippen LogP contribution in [0.1, 0.15) is 42.4 Å². The molecule has 3 rings (SSSR count). The summed E-state index contributed by atoms with van der Waals surface area (Å²) in [5, 5.41) is 2.98. The Kier molecular flexibility index (Phi) is 5.79. The van der Waals surface area contributed by atoms with E-state index in [0.717, 1.165) is 12.0 Å². The zero-order chi connectivity index (χ0) is 17.9. The minimum absolute atomic E-state index is 0.0189. The summed E-state index contributed by atoms with van der Waals surface area (Å²) in [6.45, 7) is 1.16. The van der Waals surface area contributed by atoms with Gasteiger partial charge in [-0.05, 0) is 55.8 Å². The molecule has 1 amide bonds. The van der Waals surface area contributed by atoms with Gasteiger partial charge in [0.25, 0.3) is 0 Å². The Hall–Kier alpha value is -1.40. The quantitative estimate of drug-likeness (QED) is 0.834. The van der Waals surface area contributed by atoms with Crippen LogP contribution in [0.3, 0.4) is 0 Å². The second-order valence-corrected chi connectivity index (χ2v) is 9.60. The van der Waals surface area contributed by atoms with Crippen molar-refractivity contribution in [1.29, 1.82) is 0 Å². The van der Waals surface area contributed by atoms with Crippen molar-refractivity contribution in [3.05, 3.63) is 34.9 Å². The van der Waals surface area contributed by atoms with Crippen molar-refractivity contribution >= 4 is 15.7 Å². The molecule has 1 aliphatic carbocycles. The molecule has 1 aliphatic heterocycles. The summed E-state index contributed by atoms with van der Waals surface area (Å²) in [7, 11) is -0.970. The Morgan fingerprint density at radius 3 is 2.72 bits per heavy atom. The number of carbonyl (C=O) groups is 1. The molecular formula is C19H28N2O3S. The average molecular weight is 365 g/mol. The number of carbonyl (C=O) groups excluding carboxylic acids is 1. The fourth-order valence-electron chi connectivity index (χ4n) is 3.77. The van der Waals surface area contributed by atoms with Gasteiger partial charge >= 0.3 is 0 Å². The van der Waals surface area contributed by atoms with E-state index in [2.05, 4.69) is 23.5 Å². The van der Waals surface area contributed by atoms with Gasteiger partial charge in [-0.25, -0.2) is 8.42 Å². The maximum absolute atomic E-state index is 12.1. The largest absolute Gasteiger partial charge is 0.352 e. The number of benzene rings is 1. The zero-order valence-corrected chi connectivity index (χ0v) is 15.8. The van der Waals surface area contributed by atoms with Gasteiger partial charge < -0.3 is 10.2 Å². The normalized spacial score (nSPS) is 21.9. The van der Waals surface area contributed by atoms with E-state index < -0.39 is 9.84 Å². The molecule has 1 atom stereocenters. The summed E-state index contributed by atoms with van der Waals surface area (Å²) in [5.41, 5.74) is 4.04. The van der Waals surface area contributed by atoms with E-state index in [-0.39, 0.29) is 23.5 Å². The van der Waals surface area contributed by atoms with Crippen LogP contribution in [0.2, 0.25) is 0 Å². The number of rotatable bonds is 6. The number of fused-ring (bicyclic) bond motifs is 1. The fourth-order valence-corrected chi connectivity index (χ4v) is 5.57. The molecule has 0 aromatic heterocycles. The first-order valence-corrected chi connectivity index (χ1v) is 11.0. The van der Waals surface area contributed by atoms with Gasteiger partial charge in [0, 0.05) is 25.6 Å². The SMILES string of the molecule is CN(CCC(=O)NCc1ccc2c(c1)CCCC2)[C@H]1CCS(=O)(=O)C1. The zero-order valence-electron chi connectivity index (χ0n) is 15.0. The van der Waals surface area contributed by atoms with Crippen molar-refractivity contribution in [2.45, 2.75) is 51.1 Å². The lowest BCUT2D eigenvalue weighted by Gasteiger charge is -2.22. The molecule has 1 N–H and O–H groups in total. The molecule has 25 heavy (non-hydrogen) atoms. The predicted octanol–water partition coefficient (Wildman–Crippen LogP) is 1.69. The highest BCUT2D eigenvalue weighted by molar-refractivity contribution is 7.91. The van der Waals surface area contributed by atoms with E-state index in [1.165, 1.54) is 30.4 Å². The Labute approximate surface area is 150 Å². The molecule has 1 aromatic carbocycles. The molecule has 0 radical (unpaired) electrons. The number of sulfone groups is 1. The van der Waals surface area contributed by atoms with E-state index in [4.69, 9.17) is 0 Å². The van der Waals surface area contributed by atoms with Gasteiger partial charge in [0.1, 0.15) is 0 Å². The lowest BCUT2D eigenvalue weighted by atomic mass is 9.90. The van der Waals surface area contributed by atoms with E-state index in [1.807, 2.05) is 11.9 Å². The second kappa shape index (κ2) is 7.87. The van der Waals surface area contributed by atoms with Crippen molar-refractivity contribution in [3.8, 4) is 0 Å². The molecule has 0 unspecified atom stereocenters. The highest BCUT2D eigenvalue weighted by Gasteiger charge is 2.30. The van der Waals surface area contributed by atoms with Crippen LogP contribution in [0, 0.1) is 0 Å². The Bertz CT molecular complexity index is 730. The maximum Gasteiger partial charge on any atom is 0.221 e. The molecule has 5 nitrogen and oxygen atoms in total. The van der Waals surface area contributed by atoms with Gasteiger partial charge in [0.05, 0.1) is 11.5 Å². The van der Waals surface area contributed by atoms with Gasteiger partial charge in [-0.15, -0.1) is 0 Å². The van der Waals surface area contributed by atoms with Crippen molar-refractivity contribution in [2.24, 2.45) is 0 Å². The highest BCUT2D eigenvalue weighted by Crippen LogP contribution is 2.22. The number of hydrogen-bond donors (Lipinski definition) is 1. The summed E-state index contributed by atoms with van der Waals surface area (Å²) in [6, 6.07) is 6.59. The molecule has 138 valence electrons. The molecule has 1 fully saturated rings. The number of hydrogen-bond acceptors (Lipinski definition) is 4. The van der Waals surface area contributed by atoms with E-state index in [9.17, 15) is 13.2 Å². The fraction of sp³-hybridized carbons (Fsp3) is 0.632. The van der Waals surface area contributed by atoms with Gasteiger partial charge in [0.2, 0.25) is 5.91 Å². The maximum atomic E-state index is 12.1. The molecule has 1 saturated heterocycles. The summed E-state index contributed by atoms with van der Waals surface area (Å²) in [6.07, 6.45) is 5.93. The van der Waals surface area contributed by atoms with Crippen molar-refractivity contribution in [1.82, 2.24) is 10.2 Å². The standard InChI is InChI=1S/C19H28N2O3S/c1-21(18-9-11-25(23,24)14-18)10-8-19(22)20-13-15-6-7-16-4-2-3-5-17(16)12-15/h6-7,12,18H,2-5,8-11,13-14H2,1H3,(H,20,22)/t18-/m0/s1. The van der Waals surface area contributed by atoms with Crippen LogP contribution in [0.5, 0.6) is 0 Å². The molecule has 0 spiro atoms. The Morgan fingerprint density at radius 1 is 1.24 bits per heavy atom. The smallest absolute Gasteiger partial charge is 0.221 e. The molecule has 2 aliphatic rings. The van der Waals surface area contributed by atoms with Crippen LogP contribution in [-0.4, -0.2) is 50.4 Å². The van der Waals surface area contributed by atoms with E-state index in [1.54, 1.807) is 0 Å². The third-order valence-corrected chi connectivity index (χ3v) is 7.18. The minimum atomic E-state index is -2.88. The third-order valence-electron chi connectivity index (χ3n) is 5.43. The Balaban J connectivity index is 1.42. The van der Waals surface area contributed by atoms with Crippen molar-refractivity contribution in [3.63, 3.8) is 0 Å². The minimum Gasteiger partial charge on any atom is -0.352 e. The lowest BCUT2D eigenvalue weighted by molar-refractivity contribution is -0.121. The Morgan fingerprint density at radius 2 is 2.00 bits per heavy atom. The number of nitrogens with zero attached hydrogens (tertiary/aromatic N) is 1. The lowest BCUT2D eigenvalue weighted by Crippen LogP contribution is -2.36. The van der Waals surface area contributed by atoms with Crippen LogP contribution in [-0.2, 0) is 34.0 Å².